The largest absolute Gasteiger partial charge is 0.442 e. The lowest BCUT2D eigenvalue weighted by molar-refractivity contribution is -0.129. The van der Waals surface area contributed by atoms with Crippen LogP contribution in [0.3, 0.4) is 0 Å². The van der Waals surface area contributed by atoms with Crippen LogP contribution < -0.4 is 0 Å². The summed E-state index contributed by atoms with van der Waals surface area (Å²) in [6.45, 7) is 9.09. The van der Waals surface area contributed by atoms with Gasteiger partial charge in [0.1, 0.15) is 12.2 Å². The third-order valence-electron chi connectivity index (χ3n) is 1.20. The van der Waals surface area contributed by atoms with Crippen LogP contribution in [0.2, 0.25) is 0 Å². The van der Waals surface area contributed by atoms with Gasteiger partial charge in [0.25, 0.3) is 0 Å². The number of carbonyl (C=O) groups is 1. The summed E-state index contributed by atoms with van der Waals surface area (Å²) in [6.07, 6.45) is 5.98. The fourth-order valence-corrected chi connectivity index (χ4v) is 0.725. The number of amides is 1. The summed E-state index contributed by atoms with van der Waals surface area (Å²) in [5.74, 6) is 2.27. The maximum Gasteiger partial charge on any atom is 0.434 e. The fraction of sp³-hybridized carbons (Fsp3) is 0.545. The smallest absolute Gasteiger partial charge is 0.434 e. The molecule has 0 N–H and O–H groups in total. The predicted octanol–water partition coefficient (Wildman–Crippen LogP) is 1.97. The molecule has 0 aliphatic rings. The van der Waals surface area contributed by atoms with Gasteiger partial charge in [-0.15, -0.1) is 13.0 Å². The number of hydrogen-bond acceptors (Lipinski definition) is 3. The van der Waals surface area contributed by atoms with Crippen LogP contribution in [0.5, 0.6) is 0 Å². The zero-order valence-electron chi connectivity index (χ0n) is 9.45. The fourth-order valence-electron chi connectivity index (χ4n) is 0.725. The maximum atomic E-state index is 11.5. The van der Waals surface area contributed by atoms with E-state index in [4.69, 9.17) is 16.0 Å². The van der Waals surface area contributed by atoms with Gasteiger partial charge in [-0.3, -0.25) is 4.84 Å². The first-order valence-electron chi connectivity index (χ1n) is 4.58. The molecule has 0 saturated carbocycles. The number of terminal acetylenes is 1. The maximum absolute atomic E-state index is 11.5. The number of carbonyl (C=O) groups excluding carboxylic acids is 1. The number of nitrogens with zero attached hydrogens (tertiary/aromatic N) is 1. The number of hydroxylamine groups is 2. The van der Waals surface area contributed by atoms with E-state index < -0.39 is 11.7 Å². The second kappa shape index (κ2) is 6.10. The van der Waals surface area contributed by atoms with Gasteiger partial charge < -0.3 is 4.74 Å². The average molecular weight is 211 g/mol. The Morgan fingerprint density at radius 3 is 2.60 bits per heavy atom. The Morgan fingerprint density at radius 2 is 2.20 bits per heavy atom. The van der Waals surface area contributed by atoms with E-state index in [2.05, 4.69) is 12.5 Å². The normalized spacial score (nSPS) is 10.3. The second-order valence-electron chi connectivity index (χ2n) is 3.81. The van der Waals surface area contributed by atoms with E-state index in [0.717, 1.165) is 5.06 Å². The standard InChI is InChI=1S/C11H17NO3/c1-6-8-12(14-9-7-2)10(13)15-11(3,4)5/h2,6H,1,8-9H2,3-5H3. The second-order valence-corrected chi connectivity index (χ2v) is 3.81. The molecule has 0 unspecified atom stereocenters. The van der Waals surface area contributed by atoms with Gasteiger partial charge in [-0.2, -0.15) is 5.06 Å². The molecule has 15 heavy (non-hydrogen) atoms. The van der Waals surface area contributed by atoms with Crippen molar-refractivity contribution < 1.29 is 14.4 Å². The minimum Gasteiger partial charge on any atom is -0.442 e. The molecular formula is C11H17NO3. The Balaban J connectivity index is 4.29. The summed E-state index contributed by atoms with van der Waals surface area (Å²) in [6, 6.07) is 0. The third kappa shape index (κ3) is 6.58. The summed E-state index contributed by atoms with van der Waals surface area (Å²) >= 11 is 0. The van der Waals surface area contributed by atoms with Gasteiger partial charge in [-0.25, -0.2) is 4.79 Å². The monoisotopic (exact) mass is 211 g/mol. The van der Waals surface area contributed by atoms with E-state index in [1.165, 1.54) is 6.08 Å². The molecule has 0 heterocycles. The molecule has 0 aromatic carbocycles. The van der Waals surface area contributed by atoms with Gasteiger partial charge in [-0.05, 0) is 20.8 Å². The Morgan fingerprint density at radius 1 is 1.60 bits per heavy atom. The SMILES string of the molecule is C#CCON(CC=C)C(=O)OC(C)(C)C. The summed E-state index contributed by atoms with van der Waals surface area (Å²) < 4.78 is 5.10. The van der Waals surface area contributed by atoms with Crippen LogP contribution in [0.4, 0.5) is 4.79 Å². The molecule has 0 aromatic heterocycles. The molecule has 4 nitrogen and oxygen atoms in total. The summed E-state index contributed by atoms with van der Waals surface area (Å²) in [5, 5.41) is 1.04. The van der Waals surface area contributed by atoms with E-state index in [1.807, 2.05) is 0 Å². The molecule has 0 bridgehead atoms. The van der Waals surface area contributed by atoms with Crippen molar-refractivity contribution in [3.05, 3.63) is 12.7 Å². The zero-order valence-corrected chi connectivity index (χ0v) is 9.45. The Bertz CT molecular complexity index is 260. The number of rotatable bonds is 4. The molecule has 0 spiro atoms. The van der Waals surface area contributed by atoms with Gasteiger partial charge in [0, 0.05) is 0 Å². The van der Waals surface area contributed by atoms with Crippen molar-refractivity contribution in [2.75, 3.05) is 13.2 Å². The van der Waals surface area contributed by atoms with Crippen molar-refractivity contribution >= 4 is 6.09 Å². The van der Waals surface area contributed by atoms with E-state index >= 15 is 0 Å². The third-order valence-corrected chi connectivity index (χ3v) is 1.20. The van der Waals surface area contributed by atoms with Crippen molar-refractivity contribution in [1.82, 2.24) is 5.06 Å². The van der Waals surface area contributed by atoms with Crippen LogP contribution in [0, 0.1) is 12.3 Å². The number of hydrogen-bond donors (Lipinski definition) is 0. The van der Waals surface area contributed by atoms with E-state index in [1.54, 1.807) is 20.8 Å². The Hall–Kier alpha value is -1.47. The quantitative estimate of drug-likeness (QED) is 0.405. The highest BCUT2D eigenvalue weighted by molar-refractivity contribution is 5.67. The highest BCUT2D eigenvalue weighted by atomic mass is 16.7. The zero-order chi connectivity index (χ0) is 11.9. The molecule has 0 saturated heterocycles. The van der Waals surface area contributed by atoms with Gasteiger partial charge >= 0.3 is 6.09 Å². The van der Waals surface area contributed by atoms with Crippen LogP contribution in [0.15, 0.2) is 12.7 Å². The molecule has 0 aliphatic carbocycles. The van der Waals surface area contributed by atoms with Gasteiger partial charge in [0.05, 0.1) is 6.54 Å². The first-order valence-corrected chi connectivity index (χ1v) is 4.58. The first kappa shape index (κ1) is 13.5. The summed E-state index contributed by atoms with van der Waals surface area (Å²) in [4.78, 5) is 16.5. The van der Waals surface area contributed by atoms with Crippen molar-refractivity contribution in [2.45, 2.75) is 26.4 Å². The van der Waals surface area contributed by atoms with E-state index in [0.29, 0.717) is 0 Å². The highest BCUT2D eigenvalue weighted by Gasteiger charge is 2.21. The van der Waals surface area contributed by atoms with Gasteiger partial charge in [-0.1, -0.05) is 12.0 Å². The molecule has 1 amide bonds. The van der Waals surface area contributed by atoms with Crippen molar-refractivity contribution in [3.63, 3.8) is 0 Å². The molecule has 0 fully saturated rings. The highest BCUT2D eigenvalue weighted by Crippen LogP contribution is 2.10. The van der Waals surface area contributed by atoms with E-state index in [-0.39, 0.29) is 13.2 Å². The van der Waals surface area contributed by atoms with Crippen LogP contribution >= 0.6 is 0 Å². The lowest BCUT2D eigenvalue weighted by Gasteiger charge is -2.25. The molecule has 0 rings (SSSR count). The Kier molecular flexibility index (Phi) is 5.50. The first-order chi connectivity index (χ1) is 6.90. The lowest BCUT2D eigenvalue weighted by Crippen LogP contribution is -2.37. The minimum atomic E-state index is -0.572. The lowest BCUT2D eigenvalue weighted by atomic mass is 10.2. The molecule has 0 atom stereocenters. The molecule has 84 valence electrons. The van der Waals surface area contributed by atoms with Crippen LogP contribution in [-0.2, 0) is 9.57 Å². The molecule has 0 aromatic rings. The molecule has 0 radical (unpaired) electrons. The van der Waals surface area contributed by atoms with Crippen molar-refractivity contribution in [1.29, 1.82) is 0 Å². The van der Waals surface area contributed by atoms with Crippen molar-refractivity contribution in [3.8, 4) is 12.3 Å². The van der Waals surface area contributed by atoms with Gasteiger partial charge in [0.2, 0.25) is 0 Å². The molecular weight excluding hydrogens is 194 g/mol. The topological polar surface area (TPSA) is 38.8 Å². The Labute approximate surface area is 90.8 Å². The van der Waals surface area contributed by atoms with Crippen LogP contribution in [0.25, 0.3) is 0 Å². The van der Waals surface area contributed by atoms with Crippen LogP contribution in [0.1, 0.15) is 20.8 Å². The summed E-state index contributed by atoms with van der Waals surface area (Å²) in [5.41, 5.74) is -0.560. The minimum absolute atomic E-state index is 0.0209. The average Bonchev–Trinajstić information content (AvgIpc) is 2.09. The predicted molar refractivity (Wildman–Crippen MR) is 57.9 cm³/mol. The molecule has 4 heteroatoms. The van der Waals surface area contributed by atoms with E-state index in [9.17, 15) is 4.79 Å². The van der Waals surface area contributed by atoms with Gasteiger partial charge in [0.15, 0.2) is 0 Å². The van der Waals surface area contributed by atoms with Crippen molar-refractivity contribution in [2.24, 2.45) is 0 Å². The molecule has 0 aliphatic heterocycles. The summed E-state index contributed by atoms with van der Waals surface area (Å²) in [7, 11) is 0. The van der Waals surface area contributed by atoms with Crippen LogP contribution in [-0.4, -0.2) is 29.9 Å². The number of ether oxygens (including phenoxy) is 1.